The highest BCUT2D eigenvalue weighted by Gasteiger charge is 2.26. The first-order valence-electron chi connectivity index (χ1n) is 10.5. The minimum atomic E-state index is -0.829. The SMILES string of the molecule is COc1ccc(CN2C(=O)COc3cc(CC(CC(=O)O)c4ccccc4)ccc32)cc1. The van der Waals surface area contributed by atoms with E-state index >= 15 is 0 Å². The van der Waals surface area contributed by atoms with Crippen molar-refractivity contribution in [1.82, 2.24) is 0 Å². The summed E-state index contributed by atoms with van der Waals surface area (Å²) in [5.41, 5.74) is 3.67. The molecule has 32 heavy (non-hydrogen) atoms. The van der Waals surface area contributed by atoms with Gasteiger partial charge >= 0.3 is 5.97 Å². The van der Waals surface area contributed by atoms with E-state index in [9.17, 15) is 14.7 Å². The molecule has 0 spiro atoms. The number of carbonyl (C=O) groups excluding carboxylic acids is 1. The Morgan fingerprint density at radius 3 is 2.47 bits per heavy atom. The van der Waals surface area contributed by atoms with Crippen molar-refractivity contribution in [2.24, 2.45) is 0 Å². The summed E-state index contributed by atoms with van der Waals surface area (Å²) in [7, 11) is 1.62. The predicted molar refractivity (Wildman–Crippen MR) is 121 cm³/mol. The molecule has 6 nitrogen and oxygen atoms in total. The number of carboxylic acids is 1. The molecule has 1 aliphatic rings. The van der Waals surface area contributed by atoms with Gasteiger partial charge in [0.15, 0.2) is 6.61 Å². The van der Waals surface area contributed by atoms with Gasteiger partial charge in [-0.2, -0.15) is 0 Å². The van der Waals surface area contributed by atoms with Crippen molar-refractivity contribution in [3.05, 3.63) is 89.5 Å². The van der Waals surface area contributed by atoms with Crippen LogP contribution in [0, 0.1) is 0 Å². The monoisotopic (exact) mass is 431 g/mol. The molecule has 3 aromatic rings. The van der Waals surface area contributed by atoms with Crippen LogP contribution >= 0.6 is 0 Å². The van der Waals surface area contributed by atoms with Crippen LogP contribution in [0.15, 0.2) is 72.8 Å². The van der Waals surface area contributed by atoms with Gasteiger partial charge in [0.2, 0.25) is 0 Å². The maximum atomic E-state index is 12.6. The summed E-state index contributed by atoms with van der Waals surface area (Å²) < 4.78 is 10.9. The molecule has 1 heterocycles. The number of hydrogen-bond donors (Lipinski definition) is 1. The Balaban J connectivity index is 1.56. The zero-order valence-electron chi connectivity index (χ0n) is 17.9. The zero-order chi connectivity index (χ0) is 22.5. The number of aliphatic carboxylic acids is 1. The van der Waals surface area contributed by atoms with Gasteiger partial charge in [-0.05, 0) is 53.3 Å². The zero-order valence-corrected chi connectivity index (χ0v) is 17.9. The molecule has 1 unspecified atom stereocenters. The van der Waals surface area contributed by atoms with Gasteiger partial charge in [0.05, 0.1) is 25.8 Å². The van der Waals surface area contributed by atoms with Gasteiger partial charge in [0, 0.05) is 0 Å². The minimum Gasteiger partial charge on any atom is -0.497 e. The molecule has 0 radical (unpaired) electrons. The normalized spacial score (nSPS) is 13.8. The summed E-state index contributed by atoms with van der Waals surface area (Å²) >= 11 is 0. The highest BCUT2D eigenvalue weighted by atomic mass is 16.5. The first-order valence-corrected chi connectivity index (χ1v) is 10.5. The molecule has 0 fully saturated rings. The van der Waals surface area contributed by atoms with Gasteiger partial charge in [-0.15, -0.1) is 0 Å². The topological polar surface area (TPSA) is 76.1 Å². The molecule has 4 rings (SSSR count). The van der Waals surface area contributed by atoms with Crippen molar-refractivity contribution in [2.75, 3.05) is 18.6 Å². The Kier molecular flexibility index (Phi) is 6.40. The highest BCUT2D eigenvalue weighted by molar-refractivity contribution is 5.97. The van der Waals surface area contributed by atoms with Crippen LogP contribution in [-0.4, -0.2) is 30.7 Å². The molecule has 1 N–H and O–H groups in total. The van der Waals surface area contributed by atoms with Crippen LogP contribution in [0.4, 0.5) is 5.69 Å². The second-order valence-corrected chi connectivity index (χ2v) is 7.83. The van der Waals surface area contributed by atoms with E-state index in [0.29, 0.717) is 18.7 Å². The maximum Gasteiger partial charge on any atom is 0.303 e. The summed E-state index contributed by atoms with van der Waals surface area (Å²) in [4.78, 5) is 25.7. The molecule has 0 aromatic heterocycles. The first-order chi connectivity index (χ1) is 15.5. The Morgan fingerprint density at radius 1 is 1.06 bits per heavy atom. The van der Waals surface area contributed by atoms with Crippen LogP contribution in [0.1, 0.15) is 29.0 Å². The van der Waals surface area contributed by atoms with Gasteiger partial charge in [-0.25, -0.2) is 0 Å². The largest absolute Gasteiger partial charge is 0.497 e. The minimum absolute atomic E-state index is 0.0240. The lowest BCUT2D eigenvalue weighted by molar-refractivity contribution is -0.137. The number of hydrogen-bond acceptors (Lipinski definition) is 4. The van der Waals surface area contributed by atoms with Crippen LogP contribution in [0.2, 0.25) is 0 Å². The number of rotatable bonds is 8. The molecule has 1 atom stereocenters. The molecule has 0 bridgehead atoms. The fraction of sp³-hybridized carbons (Fsp3) is 0.231. The van der Waals surface area contributed by atoms with Gasteiger partial charge in [-0.3, -0.25) is 9.59 Å². The predicted octanol–water partition coefficient (Wildman–Crippen LogP) is 4.42. The van der Waals surface area contributed by atoms with E-state index < -0.39 is 5.97 Å². The summed E-state index contributed by atoms with van der Waals surface area (Å²) in [5, 5.41) is 9.38. The summed E-state index contributed by atoms with van der Waals surface area (Å²) in [6.45, 7) is 0.411. The van der Waals surface area contributed by atoms with Crippen LogP contribution in [0.3, 0.4) is 0 Å². The molecular formula is C26H25NO5. The number of carbonyl (C=O) groups is 2. The number of methoxy groups -OCH3 is 1. The van der Waals surface area contributed by atoms with Crippen molar-refractivity contribution in [2.45, 2.75) is 25.3 Å². The van der Waals surface area contributed by atoms with Gasteiger partial charge < -0.3 is 19.5 Å². The Bertz CT molecular complexity index is 1090. The lowest BCUT2D eigenvalue weighted by Gasteiger charge is -2.30. The van der Waals surface area contributed by atoms with E-state index in [1.165, 1.54) is 0 Å². The number of benzene rings is 3. The molecule has 164 valence electrons. The van der Waals surface area contributed by atoms with Crippen LogP contribution in [0.25, 0.3) is 0 Å². The van der Waals surface area contributed by atoms with Crippen molar-refractivity contribution in [1.29, 1.82) is 0 Å². The summed E-state index contributed by atoms with van der Waals surface area (Å²) in [6.07, 6.45) is 0.614. The van der Waals surface area contributed by atoms with E-state index in [1.54, 1.807) is 12.0 Å². The summed E-state index contributed by atoms with van der Waals surface area (Å²) in [5.74, 6) is 0.324. The number of amides is 1. The second kappa shape index (κ2) is 9.56. The van der Waals surface area contributed by atoms with Gasteiger partial charge in [0.1, 0.15) is 11.5 Å². The molecule has 1 amide bonds. The summed E-state index contributed by atoms with van der Waals surface area (Å²) in [6, 6.07) is 23.0. The first kappa shape index (κ1) is 21.4. The van der Waals surface area contributed by atoms with Gasteiger partial charge in [0.25, 0.3) is 5.91 Å². The molecule has 0 saturated carbocycles. The van der Waals surface area contributed by atoms with Crippen molar-refractivity contribution in [3.63, 3.8) is 0 Å². The lowest BCUT2D eigenvalue weighted by atomic mass is 9.89. The van der Waals surface area contributed by atoms with Crippen LogP contribution in [-0.2, 0) is 22.6 Å². The van der Waals surface area contributed by atoms with E-state index in [1.807, 2.05) is 72.8 Å². The van der Waals surface area contributed by atoms with Crippen molar-refractivity contribution >= 4 is 17.6 Å². The van der Waals surface area contributed by atoms with E-state index in [0.717, 1.165) is 28.1 Å². The number of anilines is 1. The van der Waals surface area contributed by atoms with E-state index in [2.05, 4.69) is 0 Å². The fourth-order valence-corrected chi connectivity index (χ4v) is 3.99. The molecular weight excluding hydrogens is 406 g/mol. The Morgan fingerprint density at radius 2 is 1.78 bits per heavy atom. The third-order valence-electron chi connectivity index (χ3n) is 5.64. The maximum absolute atomic E-state index is 12.6. The van der Waals surface area contributed by atoms with Crippen LogP contribution in [0.5, 0.6) is 11.5 Å². The smallest absolute Gasteiger partial charge is 0.303 e. The molecule has 3 aromatic carbocycles. The Labute approximate surface area is 187 Å². The molecule has 1 aliphatic heterocycles. The van der Waals surface area contributed by atoms with E-state index in [-0.39, 0.29) is 24.9 Å². The van der Waals surface area contributed by atoms with Crippen molar-refractivity contribution in [3.8, 4) is 11.5 Å². The van der Waals surface area contributed by atoms with Crippen molar-refractivity contribution < 1.29 is 24.2 Å². The number of ether oxygens (including phenoxy) is 2. The van der Waals surface area contributed by atoms with Gasteiger partial charge in [-0.1, -0.05) is 48.5 Å². The molecule has 0 saturated heterocycles. The van der Waals surface area contributed by atoms with Crippen LogP contribution < -0.4 is 14.4 Å². The van der Waals surface area contributed by atoms with E-state index in [4.69, 9.17) is 9.47 Å². The Hall–Kier alpha value is -3.80. The number of carboxylic acid groups (broad SMARTS) is 1. The number of fused-ring (bicyclic) bond motifs is 1. The lowest BCUT2D eigenvalue weighted by Crippen LogP contribution is -2.38. The third kappa shape index (κ3) is 4.91. The highest BCUT2D eigenvalue weighted by Crippen LogP contribution is 2.36. The average molecular weight is 431 g/mol. The quantitative estimate of drug-likeness (QED) is 0.571. The number of nitrogens with zero attached hydrogens (tertiary/aromatic N) is 1. The molecule has 6 heteroatoms. The standard InChI is InChI=1S/C26H25NO5/c1-31-22-10-7-18(8-11-22)16-27-23-12-9-19(14-24(23)32-17-25(27)28)13-21(15-26(29)30)20-5-3-2-4-6-20/h2-12,14,21H,13,15-17H2,1H3,(H,29,30). The molecule has 0 aliphatic carbocycles. The third-order valence-corrected chi connectivity index (χ3v) is 5.64. The second-order valence-electron chi connectivity index (χ2n) is 7.83. The average Bonchev–Trinajstić information content (AvgIpc) is 2.81. The fourth-order valence-electron chi connectivity index (χ4n) is 3.99.